The zero-order valence-corrected chi connectivity index (χ0v) is 13.2. The van der Waals surface area contributed by atoms with Crippen LogP contribution in [0, 0.1) is 0 Å². The SMILES string of the molecule is CCCn1cc(C(N)C(C)(CC)N(CC)CC)cn1. The van der Waals surface area contributed by atoms with Crippen LogP contribution in [0.1, 0.15) is 59.1 Å². The largest absolute Gasteiger partial charge is 0.322 e. The fourth-order valence-electron chi connectivity index (χ4n) is 2.84. The standard InChI is InChI=1S/C15H30N4/c1-6-10-19-12-13(11-17-19)14(16)15(5,7-2)18(8-3)9-4/h11-12,14H,6-10,16H2,1-5H3. The molecule has 0 saturated heterocycles. The minimum atomic E-state index is -0.0103. The highest BCUT2D eigenvalue weighted by Gasteiger charge is 2.36. The molecule has 1 aromatic rings. The van der Waals surface area contributed by atoms with Crippen LogP contribution in [0.4, 0.5) is 0 Å². The molecule has 0 radical (unpaired) electrons. The monoisotopic (exact) mass is 266 g/mol. The van der Waals surface area contributed by atoms with E-state index in [1.807, 2.05) is 10.9 Å². The quantitative estimate of drug-likeness (QED) is 0.787. The van der Waals surface area contributed by atoms with Crippen molar-refractivity contribution in [2.45, 2.75) is 65.6 Å². The van der Waals surface area contributed by atoms with E-state index in [1.165, 1.54) is 0 Å². The van der Waals surface area contributed by atoms with Crippen LogP contribution >= 0.6 is 0 Å². The van der Waals surface area contributed by atoms with Crippen molar-refractivity contribution < 1.29 is 0 Å². The predicted molar refractivity (Wildman–Crippen MR) is 81.1 cm³/mol. The maximum atomic E-state index is 6.55. The Bertz CT molecular complexity index is 370. The minimum absolute atomic E-state index is 0.00278. The van der Waals surface area contributed by atoms with Crippen LogP contribution in [0.3, 0.4) is 0 Å². The molecule has 0 saturated carbocycles. The van der Waals surface area contributed by atoms with E-state index in [9.17, 15) is 0 Å². The fraction of sp³-hybridized carbons (Fsp3) is 0.800. The van der Waals surface area contributed by atoms with Crippen LogP contribution in [0.15, 0.2) is 12.4 Å². The van der Waals surface area contributed by atoms with E-state index < -0.39 is 0 Å². The Labute approximate surface area is 118 Å². The van der Waals surface area contributed by atoms with Crippen molar-refractivity contribution in [2.24, 2.45) is 5.73 Å². The predicted octanol–water partition coefficient (Wildman–Crippen LogP) is 2.80. The molecule has 1 heterocycles. The van der Waals surface area contributed by atoms with Crippen LogP contribution in [-0.2, 0) is 6.54 Å². The first kappa shape index (κ1) is 16.2. The molecular weight excluding hydrogens is 236 g/mol. The molecule has 0 aliphatic carbocycles. The summed E-state index contributed by atoms with van der Waals surface area (Å²) < 4.78 is 1.99. The minimum Gasteiger partial charge on any atom is -0.322 e. The van der Waals surface area contributed by atoms with Gasteiger partial charge in [-0.05, 0) is 32.9 Å². The lowest BCUT2D eigenvalue weighted by Gasteiger charge is -2.44. The van der Waals surface area contributed by atoms with Crippen LogP contribution in [0.25, 0.3) is 0 Å². The molecule has 0 bridgehead atoms. The van der Waals surface area contributed by atoms with Gasteiger partial charge in [0.15, 0.2) is 0 Å². The smallest absolute Gasteiger partial charge is 0.0538 e. The summed E-state index contributed by atoms with van der Waals surface area (Å²) in [6.07, 6.45) is 6.16. The molecular formula is C15H30N4. The maximum absolute atomic E-state index is 6.55. The van der Waals surface area contributed by atoms with Crippen LogP contribution in [-0.4, -0.2) is 33.3 Å². The van der Waals surface area contributed by atoms with Crippen molar-refractivity contribution in [2.75, 3.05) is 13.1 Å². The van der Waals surface area contributed by atoms with Crippen molar-refractivity contribution in [3.05, 3.63) is 18.0 Å². The third-order valence-electron chi connectivity index (χ3n) is 4.34. The topological polar surface area (TPSA) is 47.1 Å². The third kappa shape index (κ3) is 3.37. The number of aromatic nitrogens is 2. The normalized spacial score (nSPS) is 16.6. The average Bonchev–Trinajstić information content (AvgIpc) is 2.87. The van der Waals surface area contributed by atoms with Crippen molar-refractivity contribution in [3.63, 3.8) is 0 Å². The Kier molecular flexibility index (Phi) is 6.01. The van der Waals surface area contributed by atoms with E-state index >= 15 is 0 Å². The zero-order chi connectivity index (χ0) is 14.5. The molecule has 19 heavy (non-hydrogen) atoms. The summed E-state index contributed by atoms with van der Waals surface area (Å²) in [4.78, 5) is 2.45. The summed E-state index contributed by atoms with van der Waals surface area (Å²) in [5, 5.41) is 4.40. The lowest BCUT2D eigenvalue weighted by Crippen LogP contribution is -2.52. The van der Waals surface area contributed by atoms with Gasteiger partial charge in [-0.25, -0.2) is 0 Å². The second kappa shape index (κ2) is 7.06. The van der Waals surface area contributed by atoms with E-state index in [-0.39, 0.29) is 11.6 Å². The summed E-state index contributed by atoms with van der Waals surface area (Å²) in [6.45, 7) is 14.1. The average molecular weight is 266 g/mol. The van der Waals surface area contributed by atoms with Gasteiger partial charge in [0.25, 0.3) is 0 Å². The molecule has 4 nitrogen and oxygen atoms in total. The van der Waals surface area contributed by atoms with Gasteiger partial charge in [-0.15, -0.1) is 0 Å². The number of rotatable bonds is 8. The number of aryl methyl sites for hydroxylation is 1. The first-order valence-electron chi connectivity index (χ1n) is 7.56. The van der Waals surface area contributed by atoms with Crippen LogP contribution in [0.2, 0.25) is 0 Å². The van der Waals surface area contributed by atoms with E-state index in [4.69, 9.17) is 5.73 Å². The number of nitrogens with zero attached hydrogens (tertiary/aromatic N) is 3. The first-order valence-corrected chi connectivity index (χ1v) is 7.56. The number of likely N-dealkylation sites (N-methyl/N-ethyl adjacent to an activating group) is 1. The lowest BCUT2D eigenvalue weighted by molar-refractivity contribution is 0.0844. The number of hydrogen-bond donors (Lipinski definition) is 1. The Morgan fingerprint density at radius 2 is 1.95 bits per heavy atom. The molecule has 2 unspecified atom stereocenters. The second-order valence-electron chi connectivity index (χ2n) is 5.40. The molecule has 2 N–H and O–H groups in total. The molecule has 0 aliphatic heterocycles. The van der Waals surface area contributed by atoms with Crippen molar-refractivity contribution in [3.8, 4) is 0 Å². The van der Waals surface area contributed by atoms with E-state index in [0.717, 1.165) is 38.0 Å². The number of nitrogens with two attached hydrogens (primary N) is 1. The van der Waals surface area contributed by atoms with Crippen molar-refractivity contribution in [1.29, 1.82) is 0 Å². The first-order chi connectivity index (χ1) is 9.03. The molecule has 2 atom stereocenters. The van der Waals surface area contributed by atoms with Gasteiger partial charge in [0.1, 0.15) is 0 Å². The summed E-state index contributed by atoms with van der Waals surface area (Å²) >= 11 is 0. The summed E-state index contributed by atoms with van der Waals surface area (Å²) in [6, 6.07) is 0.00278. The van der Waals surface area contributed by atoms with Crippen molar-refractivity contribution >= 4 is 0 Å². The third-order valence-corrected chi connectivity index (χ3v) is 4.34. The van der Waals surface area contributed by atoms with Gasteiger partial charge >= 0.3 is 0 Å². The Balaban J connectivity index is 2.95. The van der Waals surface area contributed by atoms with E-state index in [1.54, 1.807) is 0 Å². The van der Waals surface area contributed by atoms with Gasteiger partial charge in [0.05, 0.1) is 12.2 Å². The highest BCUT2D eigenvalue weighted by atomic mass is 15.3. The van der Waals surface area contributed by atoms with Crippen LogP contribution < -0.4 is 5.73 Å². The van der Waals surface area contributed by atoms with Gasteiger partial charge in [0, 0.05) is 23.8 Å². The summed E-state index contributed by atoms with van der Waals surface area (Å²) in [5.74, 6) is 0. The number of hydrogen-bond acceptors (Lipinski definition) is 3. The van der Waals surface area contributed by atoms with Gasteiger partial charge in [-0.1, -0.05) is 27.7 Å². The second-order valence-corrected chi connectivity index (χ2v) is 5.40. The molecule has 0 spiro atoms. The molecule has 0 fully saturated rings. The van der Waals surface area contributed by atoms with Gasteiger partial charge in [0.2, 0.25) is 0 Å². The highest BCUT2D eigenvalue weighted by molar-refractivity contribution is 5.16. The van der Waals surface area contributed by atoms with E-state index in [0.29, 0.717) is 0 Å². The van der Waals surface area contributed by atoms with Gasteiger partial charge < -0.3 is 5.73 Å². The Morgan fingerprint density at radius 1 is 1.32 bits per heavy atom. The van der Waals surface area contributed by atoms with Crippen LogP contribution in [0.5, 0.6) is 0 Å². The van der Waals surface area contributed by atoms with Gasteiger partial charge in [-0.3, -0.25) is 9.58 Å². The molecule has 0 aromatic carbocycles. The molecule has 1 aromatic heterocycles. The highest BCUT2D eigenvalue weighted by Crippen LogP contribution is 2.32. The fourth-order valence-corrected chi connectivity index (χ4v) is 2.84. The van der Waals surface area contributed by atoms with E-state index in [2.05, 4.69) is 50.8 Å². The molecule has 110 valence electrons. The lowest BCUT2D eigenvalue weighted by atomic mass is 9.84. The Morgan fingerprint density at radius 3 is 2.42 bits per heavy atom. The van der Waals surface area contributed by atoms with Crippen molar-refractivity contribution in [1.82, 2.24) is 14.7 Å². The molecule has 1 rings (SSSR count). The summed E-state index contributed by atoms with van der Waals surface area (Å²) in [5.41, 5.74) is 7.68. The maximum Gasteiger partial charge on any atom is 0.0538 e. The molecule has 0 amide bonds. The summed E-state index contributed by atoms with van der Waals surface area (Å²) in [7, 11) is 0. The Hall–Kier alpha value is -0.870. The zero-order valence-electron chi connectivity index (χ0n) is 13.2. The molecule has 4 heteroatoms. The molecule has 0 aliphatic rings. The van der Waals surface area contributed by atoms with Gasteiger partial charge in [-0.2, -0.15) is 5.10 Å².